The lowest BCUT2D eigenvalue weighted by Crippen LogP contribution is -2.12. The normalized spacial score (nSPS) is 11.1. The number of amides is 1. The van der Waals surface area contributed by atoms with Crippen molar-refractivity contribution in [2.45, 2.75) is 12.8 Å². The van der Waals surface area contributed by atoms with Gasteiger partial charge < -0.3 is 9.84 Å². The Labute approximate surface area is 180 Å². The van der Waals surface area contributed by atoms with E-state index in [0.29, 0.717) is 29.4 Å². The van der Waals surface area contributed by atoms with Gasteiger partial charge in [0.25, 0.3) is 0 Å². The number of rotatable bonds is 6. The van der Waals surface area contributed by atoms with Gasteiger partial charge >= 0.3 is 0 Å². The summed E-state index contributed by atoms with van der Waals surface area (Å²) in [6, 6.07) is 13.4. The summed E-state index contributed by atoms with van der Waals surface area (Å²) in [6.45, 7) is 0. The van der Waals surface area contributed by atoms with Crippen LogP contribution in [0.3, 0.4) is 0 Å². The van der Waals surface area contributed by atoms with Gasteiger partial charge in [0.2, 0.25) is 17.6 Å². The summed E-state index contributed by atoms with van der Waals surface area (Å²) in [7, 11) is 0. The summed E-state index contributed by atoms with van der Waals surface area (Å²) < 4.78 is 20.2. The molecule has 0 saturated carbocycles. The minimum Gasteiger partial charge on any atom is -0.339 e. The predicted octanol–water partition coefficient (Wildman–Crippen LogP) is 4.82. The highest BCUT2D eigenvalue weighted by Gasteiger charge is 2.11. The van der Waals surface area contributed by atoms with Crippen LogP contribution in [0.4, 0.5) is 10.1 Å². The van der Waals surface area contributed by atoms with Gasteiger partial charge in [-0.15, -0.1) is 11.3 Å². The number of fused-ring (bicyclic) bond motifs is 1. The molecule has 5 rings (SSSR count). The van der Waals surface area contributed by atoms with Crippen LogP contribution in [-0.4, -0.2) is 25.4 Å². The van der Waals surface area contributed by atoms with Crippen molar-refractivity contribution in [3.05, 3.63) is 78.0 Å². The van der Waals surface area contributed by atoms with E-state index in [-0.39, 0.29) is 18.1 Å². The van der Waals surface area contributed by atoms with Crippen molar-refractivity contribution in [1.29, 1.82) is 0 Å². The number of benzene rings is 2. The topological polar surface area (TPSA) is 85.3 Å². The van der Waals surface area contributed by atoms with Crippen molar-refractivity contribution in [3.8, 4) is 22.6 Å². The van der Waals surface area contributed by atoms with Crippen molar-refractivity contribution < 1.29 is 13.7 Å². The highest BCUT2D eigenvalue weighted by Crippen LogP contribution is 2.23. The summed E-state index contributed by atoms with van der Waals surface area (Å²) in [4.78, 5) is 22.1. The van der Waals surface area contributed by atoms with Crippen molar-refractivity contribution in [1.82, 2.24) is 19.5 Å². The Morgan fingerprint density at radius 2 is 1.84 bits per heavy atom. The highest BCUT2D eigenvalue weighted by molar-refractivity contribution is 7.15. The van der Waals surface area contributed by atoms with Crippen LogP contribution in [0.5, 0.6) is 0 Å². The van der Waals surface area contributed by atoms with E-state index in [0.717, 1.165) is 16.2 Å². The molecule has 0 atom stereocenters. The molecule has 9 heteroatoms. The molecule has 3 aromatic heterocycles. The first-order valence-corrected chi connectivity index (χ1v) is 10.4. The van der Waals surface area contributed by atoms with E-state index < -0.39 is 0 Å². The monoisotopic (exact) mass is 433 g/mol. The second kappa shape index (κ2) is 8.11. The number of anilines is 1. The van der Waals surface area contributed by atoms with Gasteiger partial charge in [0, 0.05) is 47.4 Å². The first-order chi connectivity index (χ1) is 15.1. The zero-order chi connectivity index (χ0) is 21.2. The van der Waals surface area contributed by atoms with Crippen LogP contribution in [0.1, 0.15) is 12.3 Å². The van der Waals surface area contributed by atoms with Crippen molar-refractivity contribution in [2.24, 2.45) is 0 Å². The number of aromatic nitrogens is 4. The van der Waals surface area contributed by atoms with E-state index in [9.17, 15) is 9.18 Å². The predicted molar refractivity (Wildman–Crippen MR) is 115 cm³/mol. The zero-order valence-corrected chi connectivity index (χ0v) is 17.0. The standard InChI is InChI=1S/C22H16FN5O2S/c23-16-5-1-15(2-6-16)21-26-20(30-27-21)10-9-19(29)24-17-7-3-14(4-8-17)18-13-28-11-12-31-22(28)25-18/h1-8,11-13H,9-10H2,(H,24,29). The molecule has 0 saturated heterocycles. The number of aryl methyl sites for hydroxylation is 1. The molecule has 0 fully saturated rings. The van der Waals surface area contributed by atoms with Crippen LogP contribution < -0.4 is 5.32 Å². The Bertz CT molecular complexity index is 1310. The highest BCUT2D eigenvalue weighted by atomic mass is 32.1. The van der Waals surface area contributed by atoms with Crippen LogP contribution >= 0.6 is 11.3 Å². The van der Waals surface area contributed by atoms with Gasteiger partial charge in [-0.2, -0.15) is 4.98 Å². The third-order valence-corrected chi connectivity index (χ3v) is 5.46. The maximum Gasteiger partial charge on any atom is 0.227 e. The lowest BCUT2D eigenvalue weighted by molar-refractivity contribution is -0.116. The van der Waals surface area contributed by atoms with Crippen molar-refractivity contribution >= 4 is 27.9 Å². The number of carbonyl (C=O) groups is 1. The summed E-state index contributed by atoms with van der Waals surface area (Å²) in [6.07, 6.45) is 4.45. The minimum atomic E-state index is -0.332. The van der Waals surface area contributed by atoms with E-state index in [1.807, 2.05) is 46.4 Å². The molecule has 0 bridgehead atoms. The van der Waals surface area contributed by atoms with Crippen LogP contribution in [0.2, 0.25) is 0 Å². The van der Waals surface area contributed by atoms with Gasteiger partial charge in [-0.25, -0.2) is 9.37 Å². The fraction of sp³-hybridized carbons (Fsp3) is 0.0909. The summed E-state index contributed by atoms with van der Waals surface area (Å²) in [5.74, 6) is 0.230. The maximum atomic E-state index is 13.0. The molecular formula is C22H16FN5O2S. The number of halogens is 1. The number of carbonyl (C=O) groups excluding carboxylic acids is 1. The molecule has 154 valence electrons. The summed E-state index contributed by atoms with van der Waals surface area (Å²) >= 11 is 1.58. The van der Waals surface area contributed by atoms with Crippen LogP contribution in [0.15, 0.2) is 70.8 Å². The molecule has 7 nitrogen and oxygen atoms in total. The van der Waals surface area contributed by atoms with Crippen molar-refractivity contribution in [3.63, 3.8) is 0 Å². The molecule has 1 amide bonds. The molecule has 0 aliphatic heterocycles. The molecule has 1 N–H and O–H groups in total. The van der Waals surface area contributed by atoms with E-state index in [1.54, 1.807) is 23.5 Å². The Morgan fingerprint density at radius 3 is 2.61 bits per heavy atom. The number of thiazole rings is 1. The quantitative estimate of drug-likeness (QED) is 0.415. The van der Waals surface area contributed by atoms with Gasteiger partial charge in [0.1, 0.15) is 5.82 Å². The smallest absolute Gasteiger partial charge is 0.227 e. The Morgan fingerprint density at radius 1 is 1.06 bits per heavy atom. The van der Waals surface area contributed by atoms with Gasteiger partial charge in [-0.1, -0.05) is 17.3 Å². The molecule has 2 aromatic carbocycles. The average Bonchev–Trinajstić information content (AvgIpc) is 3.50. The third kappa shape index (κ3) is 4.22. The van der Waals surface area contributed by atoms with Crippen LogP contribution in [-0.2, 0) is 11.2 Å². The molecular weight excluding hydrogens is 417 g/mol. The summed E-state index contributed by atoms with van der Waals surface area (Å²) in [5, 5.41) is 8.73. The first-order valence-electron chi connectivity index (χ1n) is 9.55. The molecule has 0 spiro atoms. The van der Waals surface area contributed by atoms with E-state index in [2.05, 4.69) is 20.4 Å². The first kappa shape index (κ1) is 19.1. The lowest BCUT2D eigenvalue weighted by atomic mass is 10.1. The SMILES string of the molecule is O=C(CCc1nc(-c2ccc(F)cc2)no1)Nc1ccc(-c2cn3ccsc3n2)cc1. The molecule has 3 heterocycles. The number of nitrogens with one attached hydrogen (secondary N) is 1. The Balaban J connectivity index is 1.17. The minimum absolute atomic E-state index is 0.156. The number of imidazole rings is 1. The van der Waals surface area contributed by atoms with Gasteiger partial charge in [0.05, 0.1) is 5.69 Å². The molecule has 0 radical (unpaired) electrons. The van der Waals surface area contributed by atoms with Crippen LogP contribution in [0, 0.1) is 5.82 Å². The second-order valence-electron chi connectivity index (χ2n) is 6.86. The fourth-order valence-corrected chi connectivity index (χ4v) is 3.81. The Hall–Kier alpha value is -3.85. The maximum absolute atomic E-state index is 13.0. The summed E-state index contributed by atoms with van der Waals surface area (Å²) in [5.41, 5.74) is 3.22. The Kier molecular flexibility index (Phi) is 5.01. The second-order valence-corrected chi connectivity index (χ2v) is 7.74. The molecule has 0 aliphatic carbocycles. The van der Waals surface area contributed by atoms with Gasteiger partial charge in [-0.05, 0) is 36.4 Å². The van der Waals surface area contributed by atoms with E-state index >= 15 is 0 Å². The number of hydrogen-bond acceptors (Lipinski definition) is 6. The van der Waals surface area contributed by atoms with Crippen LogP contribution in [0.25, 0.3) is 27.6 Å². The van der Waals surface area contributed by atoms with E-state index in [1.165, 1.54) is 12.1 Å². The van der Waals surface area contributed by atoms with E-state index in [4.69, 9.17) is 4.52 Å². The molecule has 0 aliphatic rings. The molecule has 31 heavy (non-hydrogen) atoms. The third-order valence-electron chi connectivity index (χ3n) is 4.69. The number of nitrogens with zero attached hydrogens (tertiary/aromatic N) is 4. The van der Waals surface area contributed by atoms with Gasteiger partial charge in [0.15, 0.2) is 4.96 Å². The average molecular weight is 433 g/mol. The van der Waals surface area contributed by atoms with Crippen molar-refractivity contribution in [2.75, 3.05) is 5.32 Å². The number of hydrogen-bond donors (Lipinski definition) is 1. The fourth-order valence-electron chi connectivity index (χ4n) is 3.11. The zero-order valence-electron chi connectivity index (χ0n) is 16.2. The molecule has 0 unspecified atom stereocenters. The molecule has 5 aromatic rings. The largest absolute Gasteiger partial charge is 0.339 e. The van der Waals surface area contributed by atoms with Gasteiger partial charge in [-0.3, -0.25) is 9.20 Å². The lowest BCUT2D eigenvalue weighted by Gasteiger charge is -2.05.